The Morgan fingerprint density at radius 2 is 1.42 bits per heavy atom. The van der Waals surface area contributed by atoms with E-state index in [2.05, 4.69) is 0 Å². The lowest BCUT2D eigenvalue weighted by Crippen LogP contribution is -2.37. The zero-order valence-corrected chi connectivity index (χ0v) is 14.8. The molecule has 26 heavy (non-hydrogen) atoms. The molecule has 132 valence electrons. The fourth-order valence-electron chi connectivity index (χ4n) is 2.45. The summed E-state index contributed by atoms with van der Waals surface area (Å²) >= 11 is 0. The monoisotopic (exact) mass is 369 g/mol. The normalized spacial score (nSPS) is 11.2. The molecule has 0 aliphatic carbocycles. The molecule has 0 saturated heterocycles. The topological polar surface area (TPSA) is 54.5 Å². The van der Waals surface area contributed by atoms with Crippen LogP contribution in [-0.4, -0.2) is 14.3 Å². The molecular formula is C20H16FNO3S. The van der Waals surface area contributed by atoms with Crippen LogP contribution in [0.3, 0.4) is 0 Å². The van der Waals surface area contributed by atoms with Crippen molar-refractivity contribution >= 4 is 21.6 Å². The molecule has 0 spiro atoms. The number of rotatable bonds is 4. The first-order chi connectivity index (χ1) is 12.4. The highest BCUT2D eigenvalue weighted by Crippen LogP contribution is 2.26. The summed E-state index contributed by atoms with van der Waals surface area (Å²) < 4.78 is 40.1. The van der Waals surface area contributed by atoms with Gasteiger partial charge in [-0.3, -0.25) is 4.79 Å². The molecule has 3 aromatic rings. The second-order valence-electron chi connectivity index (χ2n) is 5.73. The Hall–Kier alpha value is -2.99. The average Bonchev–Trinajstić information content (AvgIpc) is 2.63. The van der Waals surface area contributed by atoms with Gasteiger partial charge in [0.05, 0.1) is 10.6 Å². The van der Waals surface area contributed by atoms with Gasteiger partial charge in [-0.2, -0.15) is 4.31 Å². The minimum absolute atomic E-state index is 0.164. The molecule has 0 N–H and O–H groups in total. The van der Waals surface area contributed by atoms with E-state index in [9.17, 15) is 17.6 Å². The van der Waals surface area contributed by atoms with Crippen LogP contribution in [0.4, 0.5) is 10.1 Å². The second-order valence-corrected chi connectivity index (χ2v) is 7.52. The van der Waals surface area contributed by atoms with Crippen LogP contribution in [0.25, 0.3) is 0 Å². The van der Waals surface area contributed by atoms with Crippen LogP contribution in [0.1, 0.15) is 15.9 Å². The fourth-order valence-corrected chi connectivity index (χ4v) is 3.87. The molecule has 3 aromatic carbocycles. The first-order valence-electron chi connectivity index (χ1n) is 7.86. The molecule has 0 saturated carbocycles. The first kappa shape index (κ1) is 17.8. The van der Waals surface area contributed by atoms with Crippen molar-refractivity contribution < 1.29 is 17.6 Å². The number of amides is 1. The van der Waals surface area contributed by atoms with E-state index in [1.54, 1.807) is 42.5 Å². The largest absolute Gasteiger partial charge is 0.272 e. The van der Waals surface area contributed by atoms with Crippen molar-refractivity contribution in [2.24, 2.45) is 0 Å². The predicted octanol–water partition coefficient (Wildman–Crippen LogP) is 4.17. The van der Waals surface area contributed by atoms with Crippen molar-refractivity contribution in [2.75, 3.05) is 4.31 Å². The number of carbonyl (C=O) groups is 1. The van der Waals surface area contributed by atoms with Gasteiger partial charge in [-0.1, -0.05) is 35.9 Å². The molecule has 0 heterocycles. The molecule has 0 atom stereocenters. The van der Waals surface area contributed by atoms with Gasteiger partial charge in [0.1, 0.15) is 5.82 Å². The van der Waals surface area contributed by atoms with Crippen molar-refractivity contribution in [3.8, 4) is 0 Å². The lowest BCUT2D eigenvalue weighted by Gasteiger charge is -2.23. The summed E-state index contributed by atoms with van der Waals surface area (Å²) in [5.41, 5.74) is 1.40. The zero-order valence-electron chi connectivity index (χ0n) is 14.0. The highest BCUT2D eigenvalue weighted by Gasteiger charge is 2.31. The molecule has 6 heteroatoms. The Labute approximate surface area is 151 Å². The summed E-state index contributed by atoms with van der Waals surface area (Å²) in [5, 5.41) is 0. The molecular weight excluding hydrogens is 353 g/mol. The van der Waals surface area contributed by atoms with Crippen molar-refractivity contribution in [3.05, 3.63) is 95.8 Å². The molecule has 1 amide bonds. The van der Waals surface area contributed by atoms with E-state index in [1.165, 1.54) is 12.1 Å². The van der Waals surface area contributed by atoms with Gasteiger partial charge in [-0.25, -0.2) is 12.8 Å². The van der Waals surface area contributed by atoms with Crippen molar-refractivity contribution in [1.29, 1.82) is 0 Å². The van der Waals surface area contributed by atoms with Crippen LogP contribution in [0.2, 0.25) is 0 Å². The first-order valence-corrected chi connectivity index (χ1v) is 9.30. The lowest BCUT2D eigenvalue weighted by atomic mass is 10.1. The summed E-state index contributed by atoms with van der Waals surface area (Å²) in [6.45, 7) is 1.87. The van der Waals surface area contributed by atoms with E-state index in [-0.39, 0.29) is 16.1 Å². The third-order valence-electron chi connectivity index (χ3n) is 3.83. The van der Waals surface area contributed by atoms with Crippen LogP contribution in [0.5, 0.6) is 0 Å². The minimum Gasteiger partial charge on any atom is -0.268 e. The van der Waals surface area contributed by atoms with Gasteiger partial charge in [-0.15, -0.1) is 0 Å². The van der Waals surface area contributed by atoms with Crippen LogP contribution < -0.4 is 4.31 Å². The summed E-state index contributed by atoms with van der Waals surface area (Å²) in [5.74, 6) is -1.24. The third-order valence-corrected chi connectivity index (χ3v) is 5.55. The molecule has 0 bridgehead atoms. The van der Waals surface area contributed by atoms with Gasteiger partial charge in [0, 0.05) is 5.56 Å². The number of hydrogen-bond donors (Lipinski definition) is 0. The summed E-state index contributed by atoms with van der Waals surface area (Å²) in [7, 11) is -4.21. The Morgan fingerprint density at radius 1 is 0.846 bits per heavy atom. The number of hydrogen-bond acceptors (Lipinski definition) is 3. The maximum absolute atomic E-state index is 13.2. The average molecular weight is 369 g/mol. The summed E-state index contributed by atoms with van der Waals surface area (Å²) in [4.78, 5) is 12.9. The number of para-hydroxylation sites is 1. The number of nitrogens with zero attached hydrogens (tertiary/aromatic N) is 1. The maximum Gasteiger partial charge on any atom is 0.272 e. The third kappa shape index (κ3) is 3.50. The van der Waals surface area contributed by atoms with Gasteiger partial charge in [0.2, 0.25) is 0 Å². The second kappa shape index (κ2) is 7.09. The Bertz CT molecular complexity index is 1010. The summed E-state index contributed by atoms with van der Waals surface area (Å²) in [6, 6.07) is 19.1. The van der Waals surface area contributed by atoms with E-state index in [0.29, 0.717) is 0 Å². The van der Waals surface area contributed by atoms with Gasteiger partial charge in [0.15, 0.2) is 0 Å². The summed E-state index contributed by atoms with van der Waals surface area (Å²) in [6.07, 6.45) is 0. The Kier molecular flexibility index (Phi) is 4.86. The molecule has 0 aliphatic rings. The van der Waals surface area contributed by atoms with Crippen LogP contribution in [0.15, 0.2) is 83.8 Å². The Balaban J connectivity index is 2.14. The van der Waals surface area contributed by atoms with E-state index < -0.39 is 21.7 Å². The fraction of sp³-hybridized carbons (Fsp3) is 0.0500. The SMILES string of the molecule is Cc1ccc(C(=O)N(c2ccccc2)S(=O)(=O)c2ccc(F)cc2)cc1. The number of halogens is 1. The Morgan fingerprint density at radius 3 is 2.00 bits per heavy atom. The van der Waals surface area contributed by atoms with E-state index >= 15 is 0 Å². The number of benzene rings is 3. The van der Waals surface area contributed by atoms with Gasteiger partial charge in [-0.05, 0) is 55.5 Å². The van der Waals surface area contributed by atoms with Crippen LogP contribution in [0, 0.1) is 12.7 Å². The predicted molar refractivity (Wildman–Crippen MR) is 98.0 cm³/mol. The highest BCUT2D eigenvalue weighted by molar-refractivity contribution is 7.93. The number of carbonyl (C=O) groups excluding carboxylic acids is 1. The van der Waals surface area contributed by atoms with Crippen molar-refractivity contribution in [1.82, 2.24) is 0 Å². The lowest BCUT2D eigenvalue weighted by molar-refractivity contribution is 0.101. The van der Waals surface area contributed by atoms with E-state index in [4.69, 9.17) is 0 Å². The van der Waals surface area contributed by atoms with E-state index in [0.717, 1.165) is 34.1 Å². The molecule has 0 radical (unpaired) electrons. The van der Waals surface area contributed by atoms with Gasteiger partial charge >= 0.3 is 0 Å². The highest BCUT2D eigenvalue weighted by atomic mass is 32.2. The van der Waals surface area contributed by atoms with Crippen LogP contribution in [-0.2, 0) is 10.0 Å². The number of aryl methyl sites for hydroxylation is 1. The molecule has 3 rings (SSSR count). The quantitative estimate of drug-likeness (QED) is 0.694. The van der Waals surface area contributed by atoms with Crippen molar-refractivity contribution in [3.63, 3.8) is 0 Å². The smallest absolute Gasteiger partial charge is 0.268 e. The number of sulfonamides is 1. The standard InChI is InChI=1S/C20H16FNO3S/c1-15-7-9-16(10-8-15)20(23)22(18-5-3-2-4-6-18)26(24,25)19-13-11-17(21)12-14-19/h2-14H,1H3. The van der Waals surface area contributed by atoms with E-state index in [1.807, 2.05) is 6.92 Å². The molecule has 4 nitrogen and oxygen atoms in total. The molecule has 0 aliphatic heterocycles. The zero-order chi connectivity index (χ0) is 18.7. The van der Waals surface area contributed by atoms with Crippen molar-refractivity contribution in [2.45, 2.75) is 11.8 Å². The van der Waals surface area contributed by atoms with Crippen LogP contribution >= 0.6 is 0 Å². The van der Waals surface area contributed by atoms with Gasteiger partial charge in [0.25, 0.3) is 15.9 Å². The molecule has 0 aromatic heterocycles. The minimum atomic E-state index is -4.21. The molecule has 0 fully saturated rings. The van der Waals surface area contributed by atoms with Gasteiger partial charge < -0.3 is 0 Å². The number of anilines is 1. The maximum atomic E-state index is 13.2. The molecule has 0 unspecified atom stereocenters.